The van der Waals surface area contributed by atoms with Crippen molar-refractivity contribution in [2.75, 3.05) is 5.32 Å². The highest BCUT2D eigenvalue weighted by Crippen LogP contribution is 2.23. The number of amides is 1. The van der Waals surface area contributed by atoms with Crippen LogP contribution in [-0.4, -0.2) is 5.91 Å². The lowest BCUT2D eigenvalue weighted by molar-refractivity contribution is 0.102. The molecule has 0 saturated carbocycles. The molecule has 1 amide bonds. The lowest BCUT2D eigenvalue weighted by atomic mass is 10.1. The van der Waals surface area contributed by atoms with Crippen molar-refractivity contribution < 1.29 is 4.79 Å². The van der Waals surface area contributed by atoms with Gasteiger partial charge < -0.3 is 5.32 Å². The Balaban J connectivity index is 1.75. The normalized spacial score (nSPS) is 13.1. The fourth-order valence-corrected chi connectivity index (χ4v) is 2.77. The average molecular weight is 286 g/mol. The average Bonchev–Trinajstić information content (AvgIpc) is 2.95. The van der Waals surface area contributed by atoms with Gasteiger partial charge in [-0.1, -0.05) is 18.2 Å². The van der Waals surface area contributed by atoms with Crippen molar-refractivity contribution in [2.24, 2.45) is 0 Å². The minimum Gasteiger partial charge on any atom is -0.322 e. The molecule has 0 unspecified atom stereocenters. The zero-order valence-corrected chi connectivity index (χ0v) is 11.9. The van der Waals surface area contributed by atoms with Crippen molar-refractivity contribution in [3.05, 3.63) is 64.7 Å². The minimum absolute atomic E-state index is 0.0571. The summed E-state index contributed by atoms with van der Waals surface area (Å²) in [4.78, 5) is 12.2. The van der Waals surface area contributed by atoms with Gasteiger partial charge in [-0.2, -0.15) is 0 Å². The summed E-state index contributed by atoms with van der Waals surface area (Å²) < 4.78 is 0. The van der Waals surface area contributed by atoms with Crippen LogP contribution in [0.4, 0.5) is 5.69 Å². The van der Waals surface area contributed by atoms with E-state index in [2.05, 4.69) is 11.4 Å². The van der Waals surface area contributed by atoms with Gasteiger partial charge in [0.1, 0.15) is 0 Å². The third kappa shape index (κ3) is 2.70. The highest BCUT2D eigenvalue weighted by molar-refractivity contribution is 6.17. The Labute approximate surface area is 123 Å². The minimum atomic E-state index is -0.0571. The molecule has 1 aliphatic carbocycles. The van der Waals surface area contributed by atoms with Crippen molar-refractivity contribution in [1.82, 2.24) is 0 Å². The molecule has 0 heterocycles. The number of anilines is 1. The Morgan fingerprint density at radius 2 is 1.80 bits per heavy atom. The van der Waals surface area contributed by atoms with E-state index in [4.69, 9.17) is 11.6 Å². The molecule has 0 atom stereocenters. The van der Waals surface area contributed by atoms with Gasteiger partial charge in [-0.25, -0.2) is 0 Å². The van der Waals surface area contributed by atoms with Crippen LogP contribution in [0.1, 0.15) is 33.5 Å². The van der Waals surface area contributed by atoms with Gasteiger partial charge in [0, 0.05) is 17.1 Å². The zero-order valence-electron chi connectivity index (χ0n) is 11.2. The van der Waals surface area contributed by atoms with Crippen molar-refractivity contribution in [3.63, 3.8) is 0 Å². The maximum Gasteiger partial charge on any atom is 0.255 e. The number of carbonyl (C=O) groups is 1. The van der Waals surface area contributed by atoms with E-state index in [1.54, 1.807) is 0 Å². The molecule has 0 aromatic heterocycles. The Morgan fingerprint density at radius 3 is 2.55 bits per heavy atom. The Hall–Kier alpha value is -1.80. The number of hydrogen-bond acceptors (Lipinski definition) is 1. The van der Waals surface area contributed by atoms with Crippen molar-refractivity contribution >= 4 is 23.2 Å². The summed E-state index contributed by atoms with van der Waals surface area (Å²) in [6.45, 7) is 0. The van der Waals surface area contributed by atoms with E-state index >= 15 is 0 Å². The molecule has 0 fully saturated rings. The van der Waals surface area contributed by atoms with Crippen LogP contribution in [0, 0.1) is 0 Å². The van der Waals surface area contributed by atoms with E-state index in [0.29, 0.717) is 5.88 Å². The lowest BCUT2D eigenvalue weighted by Gasteiger charge is -2.07. The third-order valence-electron chi connectivity index (χ3n) is 3.73. The number of hydrogen-bond donors (Lipinski definition) is 1. The number of rotatable bonds is 3. The number of fused-ring (bicyclic) bond motifs is 1. The number of halogens is 1. The molecule has 2 aromatic carbocycles. The van der Waals surface area contributed by atoms with Crippen LogP contribution in [0.25, 0.3) is 0 Å². The first-order valence-corrected chi connectivity index (χ1v) is 7.38. The fourth-order valence-electron chi connectivity index (χ4n) is 2.59. The molecule has 2 aromatic rings. The molecule has 0 saturated heterocycles. The second-order valence-corrected chi connectivity index (χ2v) is 5.39. The molecule has 0 radical (unpaired) electrons. The Bertz CT molecular complexity index is 634. The third-order valence-corrected chi connectivity index (χ3v) is 4.04. The molecule has 0 bridgehead atoms. The zero-order chi connectivity index (χ0) is 13.9. The van der Waals surface area contributed by atoms with Gasteiger partial charge >= 0.3 is 0 Å². The van der Waals surface area contributed by atoms with Gasteiger partial charge in [-0.15, -0.1) is 11.6 Å². The number of carbonyl (C=O) groups excluding carboxylic acids is 1. The van der Waals surface area contributed by atoms with Crippen LogP contribution in [-0.2, 0) is 18.7 Å². The predicted molar refractivity (Wildman–Crippen MR) is 82.4 cm³/mol. The second-order valence-electron chi connectivity index (χ2n) is 5.12. The fraction of sp³-hybridized carbons (Fsp3) is 0.235. The molecular weight excluding hydrogens is 270 g/mol. The largest absolute Gasteiger partial charge is 0.322 e. The summed E-state index contributed by atoms with van der Waals surface area (Å²) in [5.41, 5.74) is 5.27. The first-order chi connectivity index (χ1) is 9.76. The summed E-state index contributed by atoms with van der Waals surface area (Å²) in [5, 5.41) is 2.92. The molecule has 3 rings (SSSR count). The Kier molecular flexibility index (Phi) is 3.75. The number of benzene rings is 2. The van der Waals surface area contributed by atoms with Gasteiger partial charge in [0.25, 0.3) is 5.91 Å². The van der Waals surface area contributed by atoms with Crippen molar-refractivity contribution in [2.45, 2.75) is 25.1 Å². The quantitative estimate of drug-likeness (QED) is 0.843. The number of aryl methyl sites for hydroxylation is 2. The summed E-state index contributed by atoms with van der Waals surface area (Å²) in [6, 6.07) is 13.6. The SMILES string of the molecule is O=C(Nc1ccc(CCl)cc1)c1ccc2c(c1)CCC2. The summed E-state index contributed by atoms with van der Waals surface area (Å²) in [5.74, 6) is 0.428. The van der Waals surface area contributed by atoms with Crippen LogP contribution in [0.15, 0.2) is 42.5 Å². The van der Waals surface area contributed by atoms with E-state index < -0.39 is 0 Å². The summed E-state index contributed by atoms with van der Waals surface area (Å²) >= 11 is 5.75. The molecular formula is C17H16ClNO. The Morgan fingerprint density at radius 1 is 1.05 bits per heavy atom. The van der Waals surface area contributed by atoms with Gasteiger partial charge in [-0.05, 0) is 60.2 Å². The molecule has 0 aliphatic heterocycles. The molecule has 1 aliphatic rings. The van der Waals surface area contributed by atoms with Crippen LogP contribution in [0.3, 0.4) is 0 Å². The van der Waals surface area contributed by atoms with Gasteiger partial charge in [0.15, 0.2) is 0 Å². The van der Waals surface area contributed by atoms with Gasteiger partial charge in [0.2, 0.25) is 0 Å². The van der Waals surface area contributed by atoms with Crippen LogP contribution in [0.2, 0.25) is 0 Å². The van der Waals surface area contributed by atoms with Crippen molar-refractivity contribution in [3.8, 4) is 0 Å². The maximum absolute atomic E-state index is 12.2. The van der Waals surface area contributed by atoms with Crippen molar-refractivity contribution in [1.29, 1.82) is 0 Å². The van der Waals surface area contributed by atoms with E-state index in [0.717, 1.165) is 29.7 Å². The van der Waals surface area contributed by atoms with Crippen LogP contribution in [0.5, 0.6) is 0 Å². The molecule has 20 heavy (non-hydrogen) atoms. The number of alkyl halides is 1. The maximum atomic E-state index is 12.2. The van der Waals surface area contributed by atoms with Crippen LogP contribution < -0.4 is 5.32 Å². The smallest absolute Gasteiger partial charge is 0.255 e. The van der Waals surface area contributed by atoms with E-state index in [1.807, 2.05) is 36.4 Å². The van der Waals surface area contributed by atoms with Gasteiger partial charge in [-0.3, -0.25) is 4.79 Å². The summed E-state index contributed by atoms with van der Waals surface area (Å²) in [6.07, 6.45) is 3.41. The van der Waals surface area contributed by atoms with E-state index in [9.17, 15) is 4.79 Å². The topological polar surface area (TPSA) is 29.1 Å². The molecule has 1 N–H and O–H groups in total. The first kappa shape index (κ1) is 13.2. The predicted octanol–water partition coefficient (Wildman–Crippen LogP) is 4.17. The highest BCUT2D eigenvalue weighted by Gasteiger charge is 2.13. The molecule has 0 spiro atoms. The standard InChI is InChI=1S/C17H16ClNO/c18-11-12-4-8-16(9-5-12)19-17(20)15-7-6-13-2-1-3-14(13)10-15/h4-10H,1-3,11H2,(H,19,20). The van der Waals surface area contributed by atoms with E-state index in [1.165, 1.54) is 17.5 Å². The highest BCUT2D eigenvalue weighted by atomic mass is 35.5. The van der Waals surface area contributed by atoms with E-state index in [-0.39, 0.29) is 5.91 Å². The molecule has 102 valence electrons. The first-order valence-electron chi connectivity index (χ1n) is 6.84. The molecule has 3 heteroatoms. The monoisotopic (exact) mass is 285 g/mol. The molecule has 2 nitrogen and oxygen atoms in total. The number of nitrogens with one attached hydrogen (secondary N) is 1. The van der Waals surface area contributed by atoms with Crippen LogP contribution >= 0.6 is 11.6 Å². The second kappa shape index (κ2) is 5.68. The van der Waals surface area contributed by atoms with Gasteiger partial charge in [0.05, 0.1) is 0 Å². The lowest BCUT2D eigenvalue weighted by Crippen LogP contribution is -2.12. The summed E-state index contributed by atoms with van der Waals surface area (Å²) in [7, 11) is 0.